The number of para-hydroxylation sites is 1. The van der Waals surface area contributed by atoms with E-state index in [-0.39, 0.29) is 30.4 Å². The number of likely N-dealkylation sites (tertiary alicyclic amines) is 1. The minimum atomic E-state index is -0.870. The highest BCUT2D eigenvalue weighted by Crippen LogP contribution is 2.30. The van der Waals surface area contributed by atoms with E-state index in [1.54, 1.807) is 0 Å². The molecule has 1 saturated heterocycles. The standard InChI is InChI=1S/C35H42N4O5/c1-4-24(20-40)36-33(41)30-18-25(44-21-23-12-6-5-7-13-23)19-39(30)35(43)32(22(2)3)38-34(42)31-26-14-8-10-16-28(26)37-29-17-11-9-15-27(29)31/h5-8,10,12-14,16,20,22,24-25,30,32H,4,9,11,15,17-19,21H2,1-3H3,(H,36,41)(H,38,42)/t24-,25+,30-,32-/m0/s1. The third kappa shape index (κ3) is 6.83. The van der Waals surface area contributed by atoms with E-state index in [0.29, 0.717) is 31.3 Å². The van der Waals surface area contributed by atoms with Gasteiger partial charge in [-0.05, 0) is 55.2 Å². The van der Waals surface area contributed by atoms with E-state index in [0.717, 1.165) is 53.4 Å². The molecule has 1 aromatic heterocycles. The van der Waals surface area contributed by atoms with Crippen LogP contribution in [0.15, 0.2) is 54.6 Å². The molecule has 0 radical (unpaired) electrons. The molecule has 0 spiro atoms. The lowest BCUT2D eigenvalue weighted by molar-refractivity contribution is -0.141. The summed E-state index contributed by atoms with van der Waals surface area (Å²) in [5, 5.41) is 6.61. The van der Waals surface area contributed by atoms with Crippen molar-refractivity contribution in [1.29, 1.82) is 0 Å². The van der Waals surface area contributed by atoms with Crippen LogP contribution in [-0.2, 0) is 38.6 Å². The quantitative estimate of drug-likeness (QED) is 0.320. The van der Waals surface area contributed by atoms with Crippen LogP contribution < -0.4 is 10.6 Å². The number of nitrogens with zero attached hydrogens (tertiary/aromatic N) is 2. The Morgan fingerprint density at radius 1 is 1.02 bits per heavy atom. The number of benzene rings is 2. The maximum atomic E-state index is 14.3. The summed E-state index contributed by atoms with van der Waals surface area (Å²) in [7, 11) is 0. The predicted octanol–water partition coefficient (Wildman–Crippen LogP) is 4.15. The number of amides is 3. The summed E-state index contributed by atoms with van der Waals surface area (Å²) in [6.45, 7) is 6.13. The third-order valence-electron chi connectivity index (χ3n) is 8.72. The Morgan fingerprint density at radius 2 is 1.75 bits per heavy atom. The zero-order valence-electron chi connectivity index (χ0n) is 25.8. The fourth-order valence-corrected chi connectivity index (χ4v) is 6.25. The Labute approximate surface area is 258 Å². The number of aromatic nitrogens is 1. The maximum absolute atomic E-state index is 14.3. The van der Waals surface area contributed by atoms with Crippen LogP contribution in [-0.4, -0.2) is 64.7 Å². The average molecular weight is 599 g/mol. The summed E-state index contributed by atoms with van der Waals surface area (Å²) >= 11 is 0. The summed E-state index contributed by atoms with van der Waals surface area (Å²) in [5.74, 6) is -1.29. The van der Waals surface area contributed by atoms with Crippen LogP contribution in [0.4, 0.5) is 0 Å². The average Bonchev–Trinajstić information content (AvgIpc) is 3.48. The van der Waals surface area contributed by atoms with E-state index in [9.17, 15) is 19.2 Å². The van der Waals surface area contributed by atoms with Crippen LogP contribution in [0.1, 0.15) is 73.6 Å². The second-order valence-corrected chi connectivity index (χ2v) is 12.2. The van der Waals surface area contributed by atoms with Gasteiger partial charge in [-0.25, -0.2) is 0 Å². The number of carbonyl (C=O) groups excluding carboxylic acids is 4. The van der Waals surface area contributed by atoms with Crippen LogP contribution in [0.25, 0.3) is 10.9 Å². The van der Waals surface area contributed by atoms with Gasteiger partial charge in [0.1, 0.15) is 18.4 Å². The molecule has 1 fully saturated rings. The highest BCUT2D eigenvalue weighted by atomic mass is 16.5. The SMILES string of the molecule is CC[C@@H](C=O)NC(=O)[C@@H]1C[C@@H](OCc2ccccc2)CN1C(=O)[C@@H](NC(=O)c1c2c(nc3ccccc13)CCCC2)C(C)C. The normalized spacial score (nSPS) is 19.3. The third-order valence-corrected chi connectivity index (χ3v) is 8.72. The Morgan fingerprint density at radius 3 is 2.48 bits per heavy atom. The van der Waals surface area contributed by atoms with Gasteiger partial charge >= 0.3 is 0 Å². The van der Waals surface area contributed by atoms with E-state index >= 15 is 0 Å². The number of fused-ring (bicyclic) bond motifs is 2. The summed E-state index contributed by atoms with van der Waals surface area (Å²) < 4.78 is 6.17. The largest absolute Gasteiger partial charge is 0.372 e. The van der Waals surface area contributed by atoms with Crippen LogP contribution >= 0.6 is 0 Å². The van der Waals surface area contributed by atoms with Gasteiger partial charge in [0, 0.05) is 24.0 Å². The van der Waals surface area contributed by atoms with E-state index in [4.69, 9.17) is 9.72 Å². The van der Waals surface area contributed by atoms with Crippen LogP contribution in [0.2, 0.25) is 0 Å². The number of carbonyl (C=O) groups is 4. The topological polar surface area (TPSA) is 118 Å². The molecule has 5 rings (SSSR count). The first-order valence-corrected chi connectivity index (χ1v) is 15.7. The first-order chi connectivity index (χ1) is 21.3. The number of hydrogen-bond acceptors (Lipinski definition) is 6. The summed E-state index contributed by atoms with van der Waals surface area (Å²) in [6, 6.07) is 15.0. The molecule has 3 amide bonds. The van der Waals surface area contributed by atoms with E-state index in [1.165, 1.54) is 4.90 Å². The molecule has 44 heavy (non-hydrogen) atoms. The van der Waals surface area contributed by atoms with Crippen molar-refractivity contribution in [2.75, 3.05) is 6.54 Å². The first kappa shape index (κ1) is 31.3. The molecule has 2 heterocycles. The predicted molar refractivity (Wildman–Crippen MR) is 168 cm³/mol. The molecule has 1 aliphatic carbocycles. The molecule has 0 bridgehead atoms. The Bertz CT molecular complexity index is 1510. The van der Waals surface area contributed by atoms with Gasteiger partial charge in [-0.3, -0.25) is 19.4 Å². The van der Waals surface area contributed by atoms with E-state index in [1.807, 2.05) is 75.4 Å². The van der Waals surface area contributed by atoms with Crippen LogP contribution in [0, 0.1) is 5.92 Å². The van der Waals surface area contributed by atoms with Gasteiger partial charge in [0.25, 0.3) is 5.91 Å². The Balaban J connectivity index is 1.40. The van der Waals surface area contributed by atoms with E-state index < -0.39 is 24.0 Å². The molecule has 3 aromatic rings. The highest BCUT2D eigenvalue weighted by Gasteiger charge is 2.43. The minimum Gasteiger partial charge on any atom is -0.372 e. The molecular weight excluding hydrogens is 556 g/mol. The molecular formula is C35H42N4O5. The fourth-order valence-electron chi connectivity index (χ4n) is 6.25. The zero-order chi connectivity index (χ0) is 31.2. The van der Waals surface area contributed by atoms with Crippen molar-refractivity contribution >= 4 is 34.9 Å². The zero-order valence-corrected chi connectivity index (χ0v) is 25.8. The fraction of sp³-hybridized carbons (Fsp3) is 0.457. The number of nitrogens with one attached hydrogen (secondary N) is 2. The maximum Gasteiger partial charge on any atom is 0.252 e. The van der Waals surface area contributed by atoms with Crippen molar-refractivity contribution in [3.05, 3.63) is 77.0 Å². The smallest absolute Gasteiger partial charge is 0.252 e. The number of ether oxygens (including phenoxy) is 1. The van der Waals surface area contributed by atoms with Crippen molar-refractivity contribution in [2.45, 2.75) is 90.1 Å². The lowest BCUT2D eigenvalue weighted by Gasteiger charge is -2.31. The molecule has 2 aromatic carbocycles. The van der Waals surface area contributed by atoms with Crippen molar-refractivity contribution in [3.63, 3.8) is 0 Å². The van der Waals surface area contributed by atoms with Crippen molar-refractivity contribution in [2.24, 2.45) is 5.92 Å². The van der Waals surface area contributed by atoms with Gasteiger partial charge in [-0.15, -0.1) is 0 Å². The molecule has 1 aliphatic heterocycles. The van der Waals surface area contributed by atoms with Crippen LogP contribution in [0.5, 0.6) is 0 Å². The molecule has 2 aliphatic rings. The van der Waals surface area contributed by atoms with Gasteiger partial charge in [0.05, 0.1) is 29.8 Å². The number of pyridine rings is 1. The molecule has 232 valence electrons. The van der Waals surface area contributed by atoms with Crippen molar-refractivity contribution in [3.8, 4) is 0 Å². The molecule has 2 N–H and O–H groups in total. The Hall–Kier alpha value is -4.11. The van der Waals surface area contributed by atoms with Crippen LogP contribution in [0.3, 0.4) is 0 Å². The molecule has 9 nitrogen and oxygen atoms in total. The lowest BCUT2D eigenvalue weighted by Crippen LogP contribution is -2.56. The summed E-state index contributed by atoms with van der Waals surface area (Å²) in [5.41, 5.74) is 4.24. The molecule has 0 unspecified atom stereocenters. The Kier molecular flexibility index (Phi) is 10.0. The van der Waals surface area contributed by atoms with Gasteiger partial charge in [-0.1, -0.05) is 69.3 Å². The van der Waals surface area contributed by atoms with Gasteiger partial charge in [0.2, 0.25) is 11.8 Å². The van der Waals surface area contributed by atoms with Gasteiger partial charge in [-0.2, -0.15) is 0 Å². The highest BCUT2D eigenvalue weighted by molar-refractivity contribution is 6.09. The van der Waals surface area contributed by atoms with Crippen molar-refractivity contribution < 1.29 is 23.9 Å². The van der Waals surface area contributed by atoms with E-state index in [2.05, 4.69) is 10.6 Å². The van der Waals surface area contributed by atoms with Gasteiger partial charge in [0.15, 0.2) is 0 Å². The first-order valence-electron chi connectivity index (χ1n) is 15.7. The number of aldehydes is 1. The second-order valence-electron chi connectivity index (χ2n) is 12.2. The van der Waals surface area contributed by atoms with Crippen molar-refractivity contribution in [1.82, 2.24) is 20.5 Å². The summed E-state index contributed by atoms with van der Waals surface area (Å²) in [6.07, 6.45) is 4.65. The number of hydrogen-bond donors (Lipinski definition) is 2. The molecule has 0 saturated carbocycles. The number of aryl methyl sites for hydroxylation is 1. The molecule has 4 atom stereocenters. The number of rotatable bonds is 11. The second kappa shape index (κ2) is 14.1. The lowest BCUT2D eigenvalue weighted by atomic mass is 9.89. The monoisotopic (exact) mass is 598 g/mol. The summed E-state index contributed by atoms with van der Waals surface area (Å²) in [4.78, 5) is 59.6. The minimum absolute atomic E-state index is 0.203. The van der Waals surface area contributed by atoms with Gasteiger partial charge < -0.3 is 25.1 Å². The molecule has 9 heteroatoms.